The minimum Gasteiger partial charge on any atom is -0.473 e. The minimum absolute atomic E-state index is 0. The van der Waals surface area contributed by atoms with Crippen molar-refractivity contribution >= 4 is 18.1 Å². The lowest BCUT2D eigenvalue weighted by molar-refractivity contribution is -0.159. The van der Waals surface area contributed by atoms with Gasteiger partial charge in [0, 0.05) is 0 Å². The third-order valence-corrected chi connectivity index (χ3v) is 0.183. The summed E-state index contributed by atoms with van der Waals surface area (Å²) in [5.41, 5.74) is 0. The van der Waals surface area contributed by atoms with Gasteiger partial charge in [0.25, 0.3) is 0 Å². The Labute approximate surface area is 65.1 Å². The first-order chi connectivity index (χ1) is 4.37. The van der Waals surface area contributed by atoms with Gasteiger partial charge in [-0.2, -0.15) is 0 Å². The highest BCUT2D eigenvalue weighted by molar-refractivity contribution is 6.27. The number of hydrogen-bond donors (Lipinski definition) is 4. The Bertz CT molecular complexity index is 132. The smallest absolute Gasteiger partial charge is 0.473 e. The van der Waals surface area contributed by atoms with E-state index < -0.39 is 18.1 Å². The zero-order chi connectivity index (χ0) is 8.73. The van der Waals surface area contributed by atoms with Crippen LogP contribution < -0.4 is 0 Å². The predicted octanol–water partition coefficient (Wildman–Crippen LogP) is -2.27. The second-order valence-electron chi connectivity index (χ2n) is 0.893. The summed E-state index contributed by atoms with van der Waals surface area (Å²) in [6.07, 6.45) is -1.83. The summed E-state index contributed by atoms with van der Waals surface area (Å²) in [7, 11) is 0. The molecule has 0 amide bonds. The Morgan fingerprint density at radius 1 is 0.667 bits per heavy atom. The first kappa shape index (κ1) is 22.5. The molecule has 0 unspecified atom stereocenters. The number of rotatable bonds is 0. The summed E-state index contributed by atoms with van der Waals surface area (Å²) < 4.78 is 0. The molecular weight excluding hydrogens is 180 g/mol. The van der Waals surface area contributed by atoms with Gasteiger partial charge < -0.3 is 31.4 Å². The summed E-state index contributed by atoms with van der Waals surface area (Å²) in [6, 6.07) is 0. The molecule has 0 aromatic rings. The van der Waals surface area contributed by atoms with Gasteiger partial charge in [-0.1, -0.05) is 0 Å². The molecule has 0 aliphatic rings. The van der Waals surface area contributed by atoms with Crippen LogP contribution in [0.4, 0.5) is 4.79 Å². The van der Waals surface area contributed by atoms with Crippen LogP contribution >= 0.6 is 0 Å². The highest BCUT2D eigenvalue weighted by Gasteiger charge is 2.04. The van der Waals surface area contributed by atoms with Crippen LogP contribution in [0, 0.1) is 0 Å². The van der Waals surface area contributed by atoms with Crippen LogP contribution in [0.15, 0.2) is 0 Å². The lowest BCUT2D eigenvalue weighted by Crippen LogP contribution is -2.09. The topological polar surface area (TPSA) is 195 Å². The highest BCUT2D eigenvalue weighted by Crippen LogP contribution is 1.56. The van der Waals surface area contributed by atoms with Crippen LogP contribution in [0.25, 0.3) is 0 Å². The maximum absolute atomic E-state index is 9.10. The van der Waals surface area contributed by atoms with Gasteiger partial charge in [-0.05, 0) is 0 Å². The Kier molecular flexibility index (Phi) is 22.2. The fourth-order valence-corrected chi connectivity index (χ4v) is 0. The molecule has 0 aromatic heterocycles. The molecule has 0 fully saturated rings. The van der Waals surface area contributed by atoms with Crippen LogP contribution in [0.1, 0.15) is 0 Å². The first-order valence-corrected chi connectivity index (χ1v) is 1.76. The summed E-state index contributed by atoms with van der Waals surface area (Å²) in [6.45, 7) is 0. The van der Waals surface area contributed by atoms with E-state index in [4.69, 9.17) is 34.8 Å². The van der Waals surface area contributed by atoms with Gasteiger partial charge >= 0.3 is 18.1 Å². The van der Waals surface area contributed by atoms with E-state index in [-0.39, 0.29) is 11.0 Å². The molecule has 8 N–H and O–H groups in total. The minimum atomic E-state index is -1.83. The molecule has 74 valence electrons. The number of aliphatic carboxylic acids is 2. The summed E-state index contributed by atoms with van der Waals surface area (Å²) in [4.78, 5) is 26.8. The van der Waals surface area contributed by atoms with Crippen molar-refractivity contribution in [2.75, 3.05) is 0 Å². The Morgan fingerprint density at radius 2 is 0.750 bits per heavy atom. The van der Waals surface area contributed by atoms with Crippen LogP contribution in [0.2, 0.25) is 0 Å². The molecule has 0 aliphatic carbocycles. The lowest BCUT2D eigenvalue weighted by Gasteiger charge is -1.72. The van der Waals surface area contributed by atoms with Gasteiger partial charge in [0.15, 0.2) is 0 Å². The molecule has 0 radical (unpaired) electrons. The van der Waals surface area contributed by atoms with Crippen LogP contribution in [0.3, 0.4) is 0 Å². The largest absolute Gasteiger partial charge is 0.503 e. The zero-order valence-corrected chi connectivity index (χ0v) is 5.51. The van der Waals surface area contributed by atoms with Crippen LogP contribution in [0.5, 0.6) is 0 Å². The molecule has 0 aliphatic heterocycles. The highest BCUT2D eigenvalue weighted by atomic mass is 16.6. The van der Waals surface area contributed by atoms with Gasteiger partial charge in [0.2, 0.25) is 0 Å². The van der Waals surface area contributed by atoms with E-state index in [0.717, 1.165) is 0 Å². The Hall–Kier alpha value is -1.87. The van der Waals surface area contributed by atoms with Crippen molar-refractivity contribution in [2.45, 2.75) is 0 Å². The fraction of sp³-hybridized carbons (Fsp3) is 0. The molecule has 0 atom stereocenters. The monoisotopic (exact) mass is 188 g/mol. The average molecular weight is 188 g/mol. The van der Waals surface area contributed by atoms with E-state index >= 15 is 0 Å². The van der Waals surface area contributed by atoms with E-state index in [9.17, 15) is 0 Å². The van der Waals surface area contributed by atoms with E-state index in [2.05, 4.69) is 0 Å². The lowest BCUT2D eigenvalue weighted by atomic mass is 10.7. The van der Waals surface area contributed by atoms with Gasteiger partial charge in [0.1, 0.15) is 0 Å². The third kappa shape index (κ3) is 91.1. The second kappa shape index (κ2) is 11.9. The maximum Gasteiger partial charge on any atom is 0.503 e. The number of carbonyl (C=O) groups is 3. The molecule has 0 saturated carbocycles. The van der Waals surface area contributed by atoms with Gasteiger partial charge in [0.05, 0.1) is 0 Å². The molecule has 0 spiro atoms. The van der Waals surface area contributed by atoms with Crippen molar-refractivity contribution in [1.82, 2.24) is 0 Å². The van der Waals surface area contributed by atoms with E-state index in [1.54, 1.807) is 0 Å². The molecule has 0 saturated heterocycles. The van der Waals surface area contributed by atoms with E-state index in [0.29, 0.717) is 0 Å². The summed E-state index contributed by atoms with van der Waals surface area (Å²) >= 11 is 0. The van der Waals surface area contributed by atoms with Crippen molar-refractivity contribution in [3.63, 3.8) is 0 Å². The van der Waals surface area contributed by atoms with Crippen molar-refractivity contribution in [1.29, 1.82) is 0 Å². The SMILES string of the molecule is O.O.O=C(O)C(=O)O.O=C(O)O. The average Bonchev–Trinajstić information content (AvgIpc) is 1.63. The predicted molar refractivity (Wildman–Crippen MR) is 33.2 cm³/mol. The Morgan fingerprint density at radius 3 is 0.750 bits per heavy atom. The third-order valence-electron chi connectivity index (χ3n) is 0.183. The summed E-state index contributed by atoms with van der Waals surface area (Å²) in [5.74, 6) is -3.65. The molecule has 9 heteroatoms. The van der Waals surface area contributed by atoms with Gasteiger partial charge in [-0.25, -0.2) is 14.4 Å². The normalized spacial score (nSPS) is 5.67. The Balaban J connectivity index is -0.0000000483. The molecular formula is C3H8O9. The van der Waals surface area contributed by atoms with Gasteiger partial charge in [-0.15, -0.1) is 0 Å². The quantitative estimate of drug-likeness (QED) is 0.307. The molecule has 0 aromatic carbocycles. The molecule has 12 heavy (non-hydrogen) atoms. The van der Waals surface area contributed by atoms with Gasteiger partial charge in [-0.3, -0.25) is 0 Å². The first-order valence-electron chi connectivity index (χ1n) is 1.76. The number of carboxylic acid groups (broad SMARTS) is 4. The maximum atomic E-state index is 9.10. The molecule has 0 rings (SSSR count). The van der Waals surface area contributed by atoms with E-state index in [1.165, 1.54) is 0 Å². The van der Waals surface area contributed by atoms with E-state index in [1.807, 2.05) is 0 Å². The molecule has 0 bridgehead atoms. The van der Waals surface area contributed by atoms with Crippen LogP contribution in [-0.4, -0.2) is 49.5 Å². The number of hydrogen-bond acceptors (Lipinski definition) is 3. The van der Waals surface area contributed by atoms with Crippen molar-refractivity contribution in [3.8, 4) is 0 Å². The number of carboxylic acids is 2. The fourth-order valence-electron chi connectivity index (χ4n) is 0. The second-order valence-corrected chi connectivity index (χ2v) is 0.893. The summed E-state index contributed by atoms with van der Waals surface area (Å²) in [5, 5.41) is 28.7. The molecule has 9 nitrogen and oxygen atoms in total. The molecule has 0 heterocycles. The van der Waals surface area contributed by atoms with Crippen LogP contribution in [-0.2, 0) is 9.59 Å². The standard InChI is InChI=1S/C2H2O4.CH2O3.2H2O/c3-1(4)2(5)6;2-1(3)4;;/h(H,3,4)(H,5,6);(H2,2,3,4);2*1H2. The van der Waals surface area contributed by atoms with Crippen molar-refractivity contribution in [2.24, 2.45) is 0 Å². The zero-order valence-electron chi connectivity index (χ0n) is 5.51. The van der Waals surface area contributed by atoms with Crippen molar-refractivity contribution < 1.29 is 45.8 Å². The van der Waals surface area contributed by atoms with Crippen molar-refractivity contribution in [3.05, 3.63) is 0 Å².